The standard InChI is InChI=1S/C13H18BrNO3S/c1-8-10(14)6-11(19-8)12(13(16)17-2)15-7-9-4-3-5-18-9/h6,9,12,15H,3-5,7H2,1-2H3. The van der Waals surface area contributed by atoms with Crippen molar-refractivity contribution in [3.63, 3.8) is 0 Å². The van der Waals surface area contributed by atoms with E-state index in [1.165, 1.54) is 7.11 Å². The van der Waals surface area contributed by atoms with Crippen molar-refractivity contribution < 1.29 is 14.3 Å². The molecule has 0 saturated carbocycles. The van der Waals surface area contributed by atoms with Gasteiger partial charge in [0.05, 0.1) is 13.2 Å². The van der Waals surface area contributed by atoms with Gasteiger partial charge < -0.3 is 9.47 Å². The SMILES string of the molecule is COC(=O)C(NCC1CCCO1)c1cc(Br)c(C)s1. The quantitative estimate of drug-likeness (QED) is 0.832. The van der Waals surface area contributed by atoms with Crippen LogP contribution < -0.4 is 5.32 Å². The summed E-state index contributed by atoms with van der Waals surface area (Å²) in [7, 11) is 1.42. The number of thiophene rings is 1. The Bertz CT molecular complexity index is 424. The summed E-state index contributed by atoms with van der Waals surface area (Å²) in [6.45, 7) is 3.51. The number of esters is 1. The summed E-state index contributed by atoms with van der Waals surface area (Å²) in [6, 6.07) is 1.56. The zero-order valence-electron chi connectivity index (χ0n) is 11.1. The Morgan fingerprint density at radius 1 is 1.74 bits per heavy atom. The van der Waals surface area contributed by atoms with Crippen molar-refractivity contribution >= 4 is 33.2 Å². The van der Waals surface area contributed by atoms with Gasteiger partial charge in [-0.2, -0.15) is 0 Å². The molecular formula is C13H18BrNO3S. The first kappa shape index (κ1) is 15.0. The molecule has 106 valence electrons. The second-order valence-electron chi connectivity index (χ2n) is 4.55. The minimum Gasteiger partial charge on any atom is -0.468 e. The van der Waals surface area contributed by atoms with Gasteiger partial charge in [0.15, 0.2) is 0 Å². The number of hydrogen-bond acceptors (Lipinski definition) is 5. The van der Waals surface area contributed by atoms with E-state index in [0.29, 0.717) is 6.54 Å². The van der Waals surface area contributed by atoms with Crippen molar-refractivity contribution in [2.75, 3.05) is 20.3 Å². The molecule has 0 bridgehead atoms. The van der Waals surface area contributed by atoms with Gasteiger partial charge in [-0.25, -0.2) is 4.79 Å². The van der Waals surface area contributed by atoms with E-state index in [-0.39, 0.29) is 12.1 Å². The van der Waals surface area contributed by atoms with Crippen LogP contribution in [0.1, 0.15) is 28.6 Å². The smallest absolute Gasteiger partial charge is 0.328 e. The van der Waals surface area contributed by atoms with Crippen LogP contribution in [0.15, 0.2) is 10.5 Å². The molecule has 2 heterocycles. The molecule has 0 spiro atoms. The van der Waals surface area contributed by atoms with E-state index in [2.05, 4.69) is 21.2 Å². The van der Waals surface area contributed by atoms with Gasteiger partial charge in [-0.15, -0.1) is 11.3 Å². The lowest BCUT2D eigenvalue weighted by Crippen LogP contribution is -2.34. The normalized spacial score (nSPS) is 20.5. The Morgan fingerprint density at radius 3 is 3.05 bits per heavy atom. The molecule has 0 aliphatic carbocycles. The van der Waals surface area contributed by atoms with Crippen LogP contribution in [0, 0.1) is 6.92 Å². The lowest BCUT2D eigenvalue weighted by atomic mass is 10.2. The van der Waals surface area contributed by atoms with Crippen molar-refractivity contribution in [1.82, 2.24) is 5.32 Å². The average Bonchev–Trinajstić information content (AvgIpc) is 3.01. The van der Waals surface area contributed by atoms with Gasteiger partial charge in [0.1, 0.15) is 6.04 Å². The lowest BCUT2D eigenvalue weighted by molar-refractivity contribution is -0.143. The van der Waals surface area contributed by atoms with Gasteiger partial charge in [0.2, 0.25) is 0 Å². The predicted molar refractivity (Wildman–Crippen MR) is 78.5 cm³/mol. The van der Waals surface area contributed by atoms with Gasteiger partial charge in [-0.05, 0) is 41.8 Å². The van der Waals surface area contributed by atoms with Gasteiger partial charge in [-0.1, -0.05) is 0 Å². The minimum atomic E-state index is -0.413. The summed E-state index contributed by atoms with van der Waals surface area (Å²) < 4.78 is 11.5. The number of carbonyl (C=O) groups excluding carboxylic acids is 1. The molecule has 1 aliphatic rings. The number of rotatable bonds is 5. The number of ether oxygens (including phenoxy) is 2. The summed E-state index contributed by atoms with van der Waals surface area (Å²) in [6.07, 6.45) is 2.35. The molecule has 1 aliphatic heterocycles. The van der Waals surface area contributed by atoms with Crippen LogP contribution in [0.2, 0.25) is 0 Å². The average molecular weight is 348 g/mol. The first-order chi connectivity index (χ1) is 9.11. The molecule has 2 rings (SSSR count). The maximum Gasteiger partial charge on any atom is 0.328 e. The minimum absolute atomic E-state index is 0.205. The third kappa shape index (κ3) is 3.78. The topological polar surface area (TPSA) is 47.6 Å². The van der Waals surface area contributed by atoms with E-state index < -0.39 is 6.04 Å². The van der Waals surface area contributed by atoms with Gasteiger partial charge in [0.25, 0.3) is 0 Å². The third-order valence-corrected chi connectivity index (χ3v) is 5.37. The number of hydrogen-bond donors (Lipinski definition) is 1. The highest BCUT2D eigenvalue weighted by atomic mass is 79.9. The Kier molecular flexibility index (Phi) is 5.38. The molecule has 1 saturated heterocycles. The van der Waals surface area contributed by atoms with Gasteiger partial charge >= 0.3 is 5.97 Å². The van der Waals surface area contributed by atoms with E-state index in [9.17, 15) is 4.79 Å². The Morgan fingerprint density at radius 2 is 2.53 bits per heavy atom. The molecule has 19 heavy (non-hydrogen) atoms. The maximum atomic E-state index is 11.9. The Labute approximate surface area is 125 Å². The van der Waals surface area contributed by atoms with Crippen LogP contribution in [0.5, 0.6) is 0 Å². The van der Waals surface area contributed by atoms with Crippen molar-refractivity contribution in [3.05, 3.63) is 20.3 Å². The second-order valence-corrected chi connectivity index (χ2v) is 6.69. The third-order valence-electron chi connectivity index (χ3n) is 3.17. The fourth-order valence-electron chi connectivity index (χ4n) is 2.10. The fourth-order valence-corrected chi connectivity index (χ4v) is 3.72. The van der Waals surface area contributed by atoms with Crippen LogP contribution in [0.3, 0.4) is 0 Å². The fraction of sp³-hybridized carbons (Fsp3) is 0.615. The van der Waals surface area contributed by atoms with E-state index in [1.807, 2.05) is 13.0 Å². The number of aryl methyl sites for hydroxylation is 1. The summed E-state index contributed by atoms with van der Waals surface area (Å²) in [5.74, 6) is -0.258. The molecule has 1 N–H and O–H groups in total. The van der Waals surface area contributed by atoms with Crippen LogP contribution in [0.25, 0.3) is 0 Å². The largest absolute Gasteiger partial charge is 0.468 e. The highest BCUT2D eigenvalue weighted by Crippen LogP contribution is 2.31. The number of carbonyl (C=O) groups is 1. The predicted octanol–water partition coefficient (Wildman–Crippen LogP) is 2.80. The van der Waals surface area contributed by atoms with E-state index in [4.69, 9.17) is 9.47 Å². The molecule has 1 fully saturated rings. The van der Waals surface area contributed by atoms with Crippen LogP contribution >= 0.6 is 27.3 Å². The number of methoxy groups -OCH3 is 1. The van der Waals surface area contributed by atoms with Crippen molar-refractivity contribution in [2.24, 2.45) is 0 Å². The Hall–Kier alpha value is -0.430. The van der Waals surface area contributed by atoms with E-state index >= 15 is 0 Å². The zero-order valence-corrected chi connectivity index (χ0v) is 13.5. The van der Waals surface area contributed by atoms with Crippen molar-refractivity contribution in [2.45, 2.75) is 31.9 Å². The molecule has 0 aromatic carbocycles. The molecule has 0 radical (unpaired) electrons. The number of halogens is 1. The molecule has 4 nitrogen and oxygen atoms in total. The van der Waals surface area contributed by atoms with Crippen LogP contribution in [0.4, 0.5) is 0 Å². The van der Waals surface area contributed by atoms with E-state index in [1.54, 1.807) is 11.3 Å². The molecular weight excluding hydrogens is 330 g/mol. The summed E-state index contributed by atoms with van der Waals surface area (Å²) in [5.41, 5.74) is 0. The highest BCUT2D eigenvalue weighted by Gasteiger charge is 2.25. The summed E-state index contributed by atoms with van der Waals surface area (Å²) in [4.78, 5) is 14.0. The molecule has 6 heteroatoms. The lowest BCUT2D eigenvalue weighted by Gasteiger charge is -2.17. The summed E-state index contributed by atoms with van der Waals surface area (Å²) >= 11 is 5.08. The van der Waals surface area contributed by atoms with Crippen molar-refractivity contribution in [3.8, 4) is 0 Å². The summed E-state index contributed by atoms with van der Waals surface area (Å²) in [5, 5.41) is 3.26. The first-order valence-corrected chi connectivity index (χ1v) is 7.91. The number of nitrogens with one attached hydrogen (secondary N) is 1. The zero-order chi connectivity index (χ0) is 13.8. The van der Waals surface area contributed by atoms with Crippen LogP contribution in [-0.2, 0) is 14.3 Å². The Balaban J connectivity index is 2.04. The molecule has 2 unspecified atom stereocenters. The van der Waals surface area contributed by atoms with Gasteiger partial charge in [0, 0.05) is 27.4 Å². The maximum absolute atomic E-state index is 11.9. The second kappa shape index (κ2) is 6.83. The molecule has 0 amide bonds. The molecule has 2 atom stereocenters. The molecule has 1 aromatic heterocycles. The monoisotopic (exact) mass is 347 g/mol. The highest BCUT2D eigenvalue weighted by molar-refractivity contribution is 9.10. The van der Waals surface area contributed by atoms with Crippen molar-refractivity contribution in [1.29, 1.82) is 0 Å². The van der Waals surface area contributed by atoms with Gasteiger partial charge in [-0.3, -0.25) is 5.32 Å². The first-order valence-electron chi connectivity index (χ1n) is 6.30. The van der Waals surface area contributed by atoms with Crippen LogP contribution in [-0.4, -0.2) is 32.3 Å². The van der Waals surface area contributed by atoms with E-state index in [0.717, 1.165) is 33.7 Å². The molecule has 1 aromatic rings.